The molecule has 152 valence electrons. The van der Waals surface area contributed by atoms with Crippen LogP contribution in [-0.2, 0) is 6.54 Å². The second-order valence-electron chi connectivity index (χ2n) is 8.25. The number of carbonyl (C=O) groups excluding carboxylic acids is 1. The number of hydrogen-bond acceptors (Lipinski definition) is 4. The van der Waals surface area contributed by atoms with E-state index in [2.05, 4.69) is 58.4 Å². The van der Waals surface area contributed by atoms with Gasteiger partial charge in [0.2, 0.25) is 0 Å². The smallest absolute Gasteiger partial charge is 0.263 e. The maximum absolute atomic E-state index is 12.9. The van der Waals surface area contributed by atoms with Crippen molar-refractivity contribution in [3.05, 3.63) is 76.8 Å². The maximum Gasteiger partial charge on any atom is 0.263 e. The fourth-order valence-electron chi connectivity index (χ4n) is 4.59. The van der Waals surface area contributed by atoms with Gasteiger partial charge in [0, 0.05) is 49.4 Å². The van der Waals surface area contributed by atoms with Crippen molar-refractivity contribution < 1.29 is 4.79 Å². The average molecular weight is 416 g/mol. The summed E-state index contributed by atoms with van der Waals surface area (Å²) in [5.41, 5.74) is 3.62. The third kappa shape index (κ3) is 3.38. The largest absolute Gasteiger partial charge is 0.344 e. The standard InChI is InChI=1S/C25H25N3OS/c1-27(2)25(29)24-23(20-8-3-4-11-22(20)30-24)18-12-14-28(16-18)15-17-7-5-10-21-19(17)9-6-13-26-21/h3-11,13,18H,12,14-16H2,1-2H3. The van der Waals surface area contributed by atoms with Crippen molar-refractivity contribution in [2.45, 2.75) is 18.9 Å². The Labute approximate surface area is 180 Å². The van der Waals surface area contributed by atoms with Gasteiger partial charge in [-0.05, 0) is 47.7 Å². The van der Waals surface area contributed by atoms with Crippen LogP contribution in [0.3, 0.4) is 0 Å². The number of fused-ring (bicyclic) bond motifs is 2. The predicted octanol–water partition coefficient (Wildman–Crippen LogP) is 5.14. The highest BCUT2D eigenvalue weighted by Gasteiger charge is 2.31. The molecule has 2 aromatic heterocycles. The molecule has 1 unspecified atom stereocenters. The van der Waals surface area contributed by atoms with Gasteiger partial charge in [0.15, 0.2) is 0 Å². The first-order chi connectivity index (χ1) is 14.6. The van der Waals surface area contributed by atoms with E-state index in [-0.39, 0.29) is 5.91 Å². The zero-order valence-electron chi connectivity index (χ0n) is 17.3. The Morgan fingerprint density at radius 2 is 1.93 bits per heavy atom. The molecule has 2 aromatic carbocycles. The van der Waals surface area contributed by atoms with Gasteiger partial charge in [-0.15, -0.1) is 11.3 Å². The molecule has 0 saturated carbocycles. The summed E-state index contributed by atoms with van der Waals surface area (Å²) in [6, 6.07) is 19.0. The first kappa shape index (κ1) is 19.2. The molecule has 0 N–H and O–H groups in total. The molecule has 1 fully saturated rings. The summed E-state index contributed by atoms with van der Waals surface area (Å²) >= 11 is 1.64. The molecule has 3 heterocycles. The van der Waals surface area contributed by atoms with Crippen molar-refractivity contribution in [1.82, 2.24) is 14.8 Å². The molecule has 1 aliphatic rings. The second kappa shape index (κ2) is 7.82. The number of carbonyl (C=O) groups is 1. The van der Waals surface area contributed by atoms with Crippen LogP contribution in [0.15, 0.2) is 60.8 Å². The monoisotopic (exact) mass is 415 g/mol. The van der Waals surface area contributed by atoms with Crippen LogP contribution < -0.4 is 0 Å². The van der Waals surface area contributed by atoms with Gasteiger partial charge in [0.25, 0.3) is 5.91 Å². The summed E-state index contributed by atoms with van der Waals surface area (Å²) in [5, 5.41) is 2.47. The molecule has 5 heteroatoms. The normalized spacial score (nSPS) is 17.1. The number of thiophene rings is 1. The van der Waals surface area contributed by atoms with Crippen LogP contribution in [0.2, 0.25) is 0 Å². The molecular weight excluding hydrogens is 390 g/mol. The van der Waals surface area contributed by atoms with Crippen LogP contribution in [0.5, 0.6) is 0 Å². The van der Waals surface area contributed by atoms with Gasteiger partial charge in [0.05, 0.1) is 10.4 Å². The Kier molecular flexibility index (Phi) is 5.01. The van der Waals surface area contributed by atoms with E-state index in [1.807, 2.05) is 26.4 Å². The van der Waals surface area contributed by atoms with Gasteiger partial charge in [-0.1, -0.05) is 36.4 Å². The Morgan fingerprint density at radius 3 is 2.80 bits per heavy atom. The molecule has 1 amide bonds. The molecule has 5 rings (SSSR count). The van der Waals surface area contributed by atoms with Gasteiger partial charge < -0.3 is 4.90 Å². The van der Waals surface area contributed by atoms with Crippen LogP contribution in [0.1, 0.15) is 33.1 Å². The minimum absolute atomic E-state index is 0.116. The van der Waals surface area contributed by atoms with Crippen LogP contribution in [0.25, 0.3) is 21.0 Å². The quantitative estimate of drug-likeness (QED) is 0.463. The Bertz CT molecular complexity index is 1220. The first-order valence-corrected chi connectivity index (χ1v) is 11.2. The molecule has 4 aromatic rings. The summed E-state index contributed by atoms with van der Waals surface area (Å²) in [4.78, 5) is 22.5. The highest BCUT2D eigenvalue weighted by molar-refractivity contribution is 7.21. The van der Waals surface area contributed by atoms with Crippen molar-refractivity contribution in [3.8, 4) is 0 Å². The fraction of sp³-hybridized carbons (Fsp3) is 0.280. The minimum Gasteiger partial charge on any atom is -0.344 e. The third-order valence-electron chi connectivity index (χ3n) is 6.04. The first-order valence-electron chi connectivity index (χ1n) is 10.4. The van der Waals surface area contributed by atoms with E-state index in [1.54, 1.807) is 16.2 Å². The minimum atomic E-state index is 0.116. The number of pyridine rings is 1. The lowest BCUT2D eigenvalue weighted by Gasteiger charge is -2.18. The van der Waals surface area contributed by atoms with Crippen LogP contribution in [-0.4, -0.2) is 47.9 Å². The number of hydrogen-bond donors (Lipinski definition) is 0. The Morgan fingerprint density at radius 1 is 1.10 bits per heavy atom. The zero-order chi connectivity index (χ0) is 20.7. The van der Waals surface area contributed by atoms with E-state index in [0.717, 1.165) is 36.4 Å². The summed E-state index contributed by atoms with van der Waals surface area (Å²) < 4.78 is 1.20. The van der Waals surface area contributed by atoms with Gasteiger partial charge in [-0.3, -0.25) is 14.7 Å². The van der Waals surface area contributed by atoms with E-state index in [1.165, 1.54) is 26.6 Å². The highest BCUT2D eigenvalue weighted by atomic mass is 32.1. The van der Waals surface area contributed by atoms with Gasteiger partial charge >= 0.3 is 0 Å². The number of benzene rings is 2. The topological polar surface area (TPSA) is 36.4 Å². The molecule has 0 spiro atoms. The Balaban J connectivity index is 1.45. The van der Waals surface area contributed by atoms with E-state index < -0.39 is 0 Å². The zero-order valence-corrected chi connectivity index (χ0v) is 18.2. The summed E-state index contributed by atoms with van der Waals surface area (Å²) in [7, 11) is 3.68. The highest BCUT2D eigenvalue weighted by Crippen LogP contribution is 2.41. The molecule has 4 nitrogen and oxygen atoms in total. The molecule has 1 saturated heterocycles. The Hall–Kier alpha value is -2.76. The second-order valence-corrected chi connectivity index (χ2v) is 9.30. The molecule has 1 aliphatic heterocycles. The van der Waals surface area contributed by atoms with Crippen LogP contribution in [0, 0.1) is 0 Å². The molecule has 0 aliphatic carbocycles. The number of rotatable bonds is 4. The van der Waals surface area contributed by atoms with Crippen LogP contribution >= 0.6 is 11.3 Å². The van der Waals surface area contributed by atoms with Gasteiger partial charge in [0.1, 0.15) is 0 Å². The fourth-order valence-corrected chi connectivity index (χ4v) is 5.90. The van der Waals surface area contributed by atoms with E-state index in [9.17, 15) is 4.79 Å². The number of nitrogens with zero attached hydrogens (tertiary/aromatic N) is 3. The average Bonchev–Trinajstić information content (AvgIpc) is 3.37. The maximum atomic E-state index is 12.9. The van der Waals surface area contributed by atoms with Gasteiger partial charge in [-0.2, -0.15) is 0 Å². The lowest BCUT2D eigenvalue weighted by atomic mass is 9.95. The van der Waals surface area contributed by atoms with Crippen molar-refractivity contribution in [1.29, 1.82) is 0 Å². The van der Waals surface area contributed by atoms with E-state index in [4.69, 9.17) is 0 Å². The van der Waals surface area contributed by atoms with E-state index in [0.29, 0.717) is 5.92 Å². The lowest BCUT2D eigenvalue weighted by Crippen LogP contribution is -2.23. The van der Waals surface area contributed by atoms with Gasteiger partial charge in [-0.25, -0.2) is 0 Å². The molecule has 0 radical (unpaired) electrons. The predicted molar refractivity (Wildman–Crippen MR) is 124 cm³/mol. The van der Waals surface area contributed by atoms with Crippen molar-refractivity contribution >= 4 is 38.2 Å². The number of aromatic nitrogens is 1. The van der Waals surface area contributed by atoms with Crippen LogP contribution in [0.4, 0.5) is 0 Å². The van der Waals surface area contributed by atoms with E-state index >= 15 is 0 Å². The summed E-state index contributed by atoms with van der Waals surface area (Å²) in [5.74, 6) is 0.498. The summed E-state index contributed by atoms with van der Waals surface area (Å²) in [6.07, 6.45) is 2.93. The van der Waals surface area contributed by atoms with Crippen molar-refractivity contribution in [2.24, 2.45) is 0 Å². The molecular formula is C25H25N3OS. The van der Waals surface area contributed by atoms with Crippen molar-refractivity contribution in [3.63, 3.8) is 0 Å². The van der Waals surface area contributed by atoms with Crippen molar-refractivity contribution in [2.75, 3.05) is 27.2 Å². The SMILES string of the molecule is CN(C)C(=O)c1sc2ccccc2c1C1CCN(Cc2cccc3ncccc23)C1. The summed E-state index contributed by atoms with van der Waals surface area (Å²) in [6.45, 7) is 2.94. The lowest BCUT2D eigenvalue weighted by molar-refractivity contribution is 0.0831. The number of likely N-dealkylation sites (tertiary alicyclic amines) is 1. The third-order valence-corrected chi connectivity index (χ3v) is 7.22. The molecule has 1 atom stereocenters. The molecule has 30 heavy (non-hydrogen) atoms. The molecule has 0 bridgehead atoms. The number of amides is 1.